The Morgan fingerprint density at radius 3 is 1.52 bits per heavy atom. The summed E-state index contributed by atoms with van der Waals surface area (Å²) in [6, 6.07) is 51.2. The smallest absolute Gasteiger partial charge is 0.164 e. The van der Waals surface area contributed by atoms with E-state index in [1.807, 2.05) is 78.9 Å². The highest BCUT2D eigenvalue weighted by atomic mass is 15.0. The van der Waals surface area contributed by atoms with E-state index in [0.29, 0.717) is 28.5 Å². The largest absolute Gasteiger partial charge is 0.208 e. The van der Waals surface area contributed by atoms with Gasteiger partial charge < -0.3 is 0 Å². The third-order valence-corrected chi connectivity index (χ3v) is 12.1. The van der Waals surface area contributed by atoms with Crippen LogP contribution >= 0.6 is 0 Å². The van der Waals surface area contributed by atoms with Gasteiger partial charge in [0.2, 0.25) is 0 Å². The zero-order valence-electron chi connectivity index (χ0n) is 29.0. The van der Waals surface area contributed by atoms with Gasteiger partial charge in [-0.2, -0.15) is 5.26 Å². The van der Waals surface area contributed by atoms with Crippen molar-refractivity contribution in [1.82, 2.24) is 15.0 Å². The molecule has 250 valence electrons. The molecule has 4 heteroatoms. The minimum absolute atomic E-state index is 0.361. The van der Waals surface area contributed by atoms with Crippen molar-refractivity contribution >= 4 is 10.8 Å². The number of rotatable bonds is 6. The lowest BCUT2D eigenvalue weighted by atomic mass is 9.48. The molecule has 4 bridgehead atoms. The molecule has 1 heterocycles. The van der Waals surface area contributed by atoms with E-state index in [-0.39, 0.29) is 0 Å². The molecule has 0 N–H and O–H groups in total. The van der Waals surface area contributed by atoms with E-state index in [4.69, 9.17) is 15.0 Å². The van der Waals surface area contributed by atoms with Crippen molar-refractivity contribution in [2.24, 2.45) is 17.8 Å². The second-order valence-electron chi connectivity index (χ2n) is 15.5. The summed E-state index contributed by atoms with van der Waals surface area (Å²) in [7, 11) is 0. The summed E-state index contributed by atoms with van der Waals surface area (Å²) >= 11 is 0. The molecule has 11 rings (SSSR count). The second kappa shape index (κ2) is 12.4. The van der Waals surface area contributed by atoms with E-state index in [2.05, 4.69) is 66.7 Å². The number of nitriles is 1. The topological polar surface area (TPSA) is 62.5 Å². The molecule has 0 unspecified atom stereocenters. The van der Waals surface area contributed by atoms with Crippen molar-refractivity contribution in [3.8, 4) is 62.5 Å². The van der Waals surface area contributed by atoms with Crippen molar-refractivity contribution in [1.29, 1.82) is 5.26 Å². The Hall–Kier alpha value is -5.92. The van der Waals surface area contributed by atoms with Crippen molar-refractivity contribution in [3.63, 3.8) is 0 Å². The molecule has 7 aromatic rings. The first-order valence-corrected chi connectivity index (χ1v) is 18.7. The minimum Gasteiger partial charge on any atom is -0.208 e. The first kappa shape index (κ1) is 30.9. The molecule has 0 spiro atoms. The lowest BCUT2D eigenvalue weighted by Crippen LogP contribution is -2.48. The normalized spacial score (nSPS) is 21.6. The number of hydrogen-bond donors (Lipinski definition) is 0. The molecule has 1 aromatic heterocycles. The molecule has 0 atom stereocenters. The van der Waals surface area contributed by atoms with Gasteiger partial charge in [-0.25, -0.2) is 15.0 Å². The maximum atomic E-state index is 9.61. The lowest BCUT2D eigenvalue weighted by Gasteiger charge is -2.57. The third-order valence-electron chi connectivity index (χ3n) is 12.1. The molecule has 4 fully saturated rings. The van der Waals surface area contributed by atoms with E-state index in [1.165, 1.54) is 49.7 Å². The zero-order valence-corrected chi connectivity index (χ0v) is 29.0. The number of benzene rings is 6. The molecule has 52 heavy (non-hydrogen) atoms. The molecular weight excluding hydrogens is 633 g/mol. The van der Waals surface area contributed by atoms with Crippen LogP contribution in [0.25, 0.3) is 67.2 Å². The molecular formula is C48H38N4. The van der Waals surface area contributed by atoms with Gasteiger partial charge in [0.05, 0.1) is 11.6 Å². The summed E-state index contributed by atoms with van der Waals surface area (Å²) in [5, 5.41) is 11.8. The fourth-order valence-corrected chi connectivity index (χ4v) is 10.0. The van der Waals surface area contributed by atoms with Crippen molar-refractivity contribution in [2.75, 3.05) is 0 Å². The predicted molar refractivity (Wildman–Crippen MR) is 209 cm³/mol. The third kappa shape index (κ3) is 5.58. The van der Waals surface area contributed by atoms with Gasteiger partial charge in [0, 0.05) is 16.7 Å². The summed E-state index contributed by atoms with van der Waals surface area (Å²) in [6.45, 7) is 0. The Balaban J connectivity index is 1.12. The Kier molecular flexibility index (Phi) is 7.35. The highest BCUT2D eigenvalue weighted by Crippen LogP contribution is 2.60. The quantitative estimate of drug-likeness (QED) is 0.177. The maximum Gasteiger partial charge on any atom is 0.164 e. The summed E-state index contributed by atoms with van der Waals surface area (Å²) in [6.07, 6.45) is 8.44. The van der Waals surface area contributed by atoms with Crippen LogP contribution in [0, 0.1) is 29.1 Å². The average molecular weight is 671 g/mol. The fraction of sp³-hybridized carbons (Fsp3) is 0.208. The fourth-order valence-electron chi connectivity index (χ4n) is 10.0. The zero-order chi connectivity index (χ0) is 34.6. The second-order valence-corrected chi connectivity index (χ2v) is 15.5. The molecule has 0 amide bonds. The van der Waals surface area contributed by atoms with Crippen LogP contribution in [0.3, 0.4) is 0 Å². The van der Waals surface area contributed by atoms with Crippen molar-refractivity contribution in [3.05, 3.63) is 151 Å². The van der Waals surface area contributed by atoms with Gasteiger partial charge in [-0.3, -0.25) is 0 Å². The van der Waals surface area contributed by atoms with Crippen LogP contribution in [0.5, 0.6) is 0 Å². The van der Waals surface area contributed by atoms with Gasteiger partial charge in [-0.1, -0.05) is 103 Å². The van der Waals surface area contributed by atoms with E-state index >= 15 is 0 Å². The standard InChI is InChI=1S/C48H38N4/c49-30-31-11-12-35-13-14-39(23-40(35)22-31)42-24-41(36-15-17-44(18-16-36)48-27-32-19-33(28-48)21-34(20-32)29-48)25-43(26-42)47-51-45(37-7-3-1-4-8-37)50-46(52-47)38-9-5-2-6-10-38/h1-18,22-26,32-34H,19-21,27-29H2/t32-,33-,34-,48?. The van der Waals surface area contributed by atoms with E-state index in [1.54, 1.807) is 0 Å². The minimum atomic E-state index is 0.361. The van der Waals surface area contributed by atoms with Crippen LogP contribution in [-0.2, 0) is 5.41 Å². The Morgan fingerprint density at radius 1 is 0.442 bits per heavy atom. The highest BCUT2D eigenvalue weighted by Gasteiger charge is 2.51. The Morgan fingerprint density at radius 2 is 0.942 bits per heavy atom. The average Bonchev–Trinajstić information content (AvgIpc) is 3.20. The van der Waals surface area contributed by atoms with Gasteiger partial charge in [-0.15, -0.1) is 0 Å². The van der Waals surface area contributed by atoms with Gasteiger partial charge in [0.15, 0.2) is 17.5 Å². The van der Waals surface area contributed by atoms with Gasteiger partial charge >= 0.3 is 0 Å². The monoisotopic (exact) mass is 670 g/mol. The molecule has 0 saturated heterocycles. The molecule has 6 aromatic carbocycles. The predicted octanol–water partition coefficient (Wildman–Crippen LogP) is 11.7. The Bertz CT molecular complexity index is 2400. The SMILES string of the molecule is N#Cc1ccc2ccc(-c3cc(-c4ccc(C56C[C@H]7C[C@H](C5)C[C@@H](C6)C7)cc4)cc(-c4nc(-c5ccccc5)nc(-c5ccccc5)n4)c3)cc2c1. The summed E-state index contributed by atoms with van der Waals surface area (Å²) < 4.78 is 0. The van der Waals surface area contributed by atoms with Crippen molar-refractivity contribution < 1.29 is 0 Å². The van der Waals surface area contributed by atoms with E-state index in [0.717, 1.165) is 61.9 Å². The van der Waals surface area contributed by atoms with Gasteiger partial charge in [0.25, 0.3) is 0 Å². The summed E-state index contributed by atoms with van der Waals surface area (Å²) in [5.41, 5.74) is 9.84. The molecule has 0 radical (unpaired) electrons. The Labute approximate surface area is 304 Å². The molecule has 4 saturated carbocycles. The van der Waals surface area contributed by atoms with Crippen LogP contribution < -0.4 is 0 Å². The number of fused-ring (bicyclic) bond motifs is 1. The summed E-state index contributed by atoms with van der Waals surface area (Å²) in [4.78, 5) is 15.2. The maximum absolute atomic E-state index is 9.61. The van der Waals surface area contributed by atoms with E-state index in [9.17, 15) is 5.26 Å². The van der Waals surface area contributed by atoms with Gasteiger partial charge in [-0.05, 0) is 137 Å². The van der Waals surface area contributed by atoms with Crippen LogP contribution in [-0.4, -0.2) is 15.0 Å². The molecule has 4 nitrogen and oxygen atoms in total. The lowest BCUT2D eigenvalue weighted by molar-refractivity contribution is -0.00518. The number of hydrogen-bond acceptors (Lipinski definition) is 4. The van der Waals surface area contributed by atoms with E-state index < -0.39 is 0 Å². The number of aromatic nitrogens is 3. The van der Waals surface area contributed by atoms with Crippen molar-refractivity contribution in [2.45, 2.75) is 43.9 Å². The molecule has 0 aliphatic heterocycles. The summed E-state index contributed by atoms with van der Waals surface area (Å²) in [5.74, 6) is 4.67. The first-order chi connectivity index (χ1) is 25.6. The number of nitrogens with zero attached hydrogens (tertiary/aromatic N) is 4. The van der Waals surface area contributed by atoms with Crippen LogP contribution in [0.15, 0.2) is 140 Å². The first-order valence-electron chi connectivity index (χ1n) is 18.7. The van der Waals surface area contributed by atoms with Crippen LogP contribution in [0.2, 0.25) is 0 Å². The van der Waals surface area contributed by atoms with Crippen LogP contribution in [0.4, 0.5) is 0 Å². The van der Waals surface area contributed by atoms with Gasteiger partial charge in [0.1, 0.15) is 0 Å². The van der Waals surface area contributed by atoms with Crippen LogP contribution in [0.1, 0.15) is 49.7 Å². The highest BCUT2D eigenvalue weighted by molar-refractivity contribution is 5.90. The molecule has 4 aliphatic carbocycles. The molecule has 4 aliphatic rings.